The van der Waals surface area contributed by atoms with Crippen molar-refractivity contribution in [2.24, 2.45) is 0 Å². The third-order valence-electron chi connectivity index (χ3n) is 4.71. The summed E-state index contributed by atoms with van der Waals surface area (Å²) in [5, 5.41) is 2.33. The summed E-state index contributed by atoms with van der Waals surface area (Å²) in [6.07, 6.45) is 1.66. The van der Waals surface area contributed by atoms with E-state index in [0.29, 0.717) is 13.1 Å². The van der Waals surface area contributed by atoms with Crippen LogP contribution in [0.1, 0.15) is 35.2 Å². The van der Waals surface area contributed by atoms with Crippen LogP contribution in [0.15, 0.2) is 24.3 Å². The number of hydrogen-bond donors (Lipinski definition) is 1. The van der Waals surface area contributed by atoms with Gasteiger partial charge in [-0.1, -0.05) is 12.1 Å². The first-order valence-corrected chi connectivity index (χ1v) is 8.99. The van der Waals surface area contributed by atoms with Crippen LogP contribution in [-0.2, 0) is 11.2 Å². The number of likely N-dealkylation sites (tertiary alicyclic amines) is 1. The first-order valence-electron chi connectivity index (χ1n) is 8.99. The van der Waals surface area contributed by atoms with Crippen LogP contribution in [0.5, 0.6) is 0 Å². The van der Waals surface area contributed by atoms with Gasteiger partial charge in [0.1, 0.15) is 0 Å². The molecule has 1 saturated heterocycles. The number of nitrogens with zero attached hydrogens (tertiary/aromatic N) is 1. The number of anilines is 1. The van der Waals surface area contributed by atoms with Gasteiger partial charge in [-0.05, 0) is 31.4 Å². The molecule has 2 amide bonds. The van der Waals surface area contributed by atoms with Crippen molar-refractivity contribution in [2.45, 2.75) is 25.7 Å². The standard InChI is InChI=1S/C20H17F5N2O2/c21-15-12(16(22)18(24)19(25)17(15)23)10-14(28)26-13-7-3-2-6-11(13)20(29)27-8-4-1-5-9-27/h2-3,6-7H,1,4-5,8-10H2,(H,26,28). The second-order valence-electron chi connectivity index (χ2n) is 6.67. The molecule has 0 unspecified atom stereocenters. The molecule has 0 bridgehead atoms. The van der Waals surface area contributed by atoms with E-state index < -0.39 is 47.0 Å². The first-order chi connectivity index (χ1) is 13.8. The van der Waals surface area contributed by atoms with E-state index in [0.717, 1.165) is 19.3 Å². The minimum absolute atomic E-state index is 0.0944. The maximum Gasteiger partial charge on any atom is 0.255 e. The summed E-state index contributed by atoms with van der Waals surface area (Å²) in [7, 11) is 0. The molecule has 0 aliphatic carbocycles. The zero-order valence-corrected chi connectivity index (χ0v) is 15.2. The lowest BCUT2D eigenvalue weighted by Crippen LogP contribution is -2.36. The monoisotopic (exact) mass is 412 g/mol. The zero-order valence-electron chi connectivity index (χ0n) is 15.2. The van der Waals surface area contributed by atoms with Crippen molar-refractivity contribution in [3.63, 3.8) is 0 Å². The highest BCUT2D eigenvalue weighted by molar-refractivity contribution is 6.04. The van der Waals surface area contributed by atoms with Gasteiger partial charge in [-0.25, -0.2) is 22.0 Å². The molecular weight excluding hydrogens is 395 g/mol. The van der Waals surface area contributed by atoms with Gasteiger partial charge in [0.15, 0.2) is 23.3 Å². The van der Waals surface area contributed by atoms with E-state index in [-0.39, 0.29) is 17.2 Å². The van der Waals surface area contributed by atoms with Crippen LogP contribution in [0, 0.1) is 29.1 Å². The van der Waals surface area contributed by atoms with Crippen LogP contribution >= 0.6 is 0 Å². The van der Waals surface area contributed by atoms with E-state index in [1.54, 1.807) is 17.0 Å². The Morgan fingerprint density at radius 3 is 2.00 bits per heavy atom. The molecule has 0 saturated carbocycles. The highest BCUT2D eigenvalue weighted by Gasteiger charge is 2.27. The summed E-state index contributed by atoms with van der Waals surface area (Å²) in [6.45, 7) is 1.15. The predicted molar refractivity (Wildman–Crippen MR) is 94.8 cm³/mol. The lowest BCUT2D eigenvalue weighted by Gasteiger charge is -2.27. The average Bonchev–Trinajstić information content (AvgIpc) is 2.74. The normalized spacial score (nSPS) is 14.0. The maximum atomic E-state index is 13.8. The van der Waals surface area contributed by atoms with Gasteiger partial charge in [0.05, 0.1) is 17.7 Å². The van der Waals surface area contributed by atoms with Gasteiger partial charge in [-0.15, -0.1) is 0 Å². The van der Waals surface area contributed by atoms with Gasteiger partial charge >= 0.3 is 0 Å². The molecule has 0 spiro atoms. The number of carbonyl (C=O) groups excluding carboxylic acids is 2. The molecule has 1 fully saturated rings. The Kier molecular flexibility index (Phi) is 6.14. The van der Waals surface area contributed by atoms with E-state index in [1.165, 1.54) is 12.1 Å². The Morgan fingerprint density at radius 2 is 1.38 bits per heavy atom. The highest BCUT2D eigenvalue weighted by atomic mass is 19.2. The molecule has 0 radical (unpaired) electrons. The lowest BCUT2D eigenvalue weighted by atomic mass is 10.1. The molecule has 1 aliphatic heterocycles. The molecule has 29 heavy (non-hydrogen) atoms. The fourth-order valence-electron chi connectivity index (χ4n) is 3.21. The predicted octanol–water partition coefficient (Wildman–Crippen LogP) is 4.19. The number of halogens is 5. The number of piperidine rings is 1. The molecule has 2 aromatic carbocycles. The number of para-hydroxylation sites is 1. The summed E-state index contributed by atoms with van der Waals surface area (Å²) >= 11 is 0. The number of carbonyl (C=O) groups is 2. The van der Waals surface area contributed by atoms with Gasteiger partial charge in [0.25, 0.3) is 5.91 Å². The second kappa shape index (κ2) is 8.59. The molecule has 0 aromatic heterocycles. The van der Waals surface area contributed by atoms with Crippen LogP contribution in [-0.4, -0.2) is 29.8 Å². The summed E-state index contributed by atoms with van der Waals surface area (Å²) in [5.74, 6) is -12.0. The van der Waals surface area contributed by atoms with E-state index in [2.05, 4.69) is 5.32 Å². The van der Waals surface area contributed by atoms with Crippen LogP contribution in [0.25, 0.3) is 0 Å². The molecule has 0 atom stereocenters. The number of rotatable bonds is 4. The zero-order chi connectivity index (χ0) is 21.1. The van der Waals surface area contributed by atoms with Crippen molar-refractivity contribution in [3.05, 3.63) is 64.5 Å². The summed E-state index contributed by atoms with van der Waals surface area (Å²) in [6, 6.07) is 6.05. The van der Waals surface area contributed by atoms with Crippen LogP contribution in [0.4, 0.5) is 27.6 Å². The third-order valence-corrected chi connectivity index (χ3v) is 4.71. The number of hydrogen-bond acceptors (Lipinski definition) is 2. The molecule has 1 heterocycles. The van der Waals surface area contributed by atoms with Crippen molar-refractivity contribution in [1.82, 2.24) is 4.90 Å². The fourth-order valence-corrected chi connectivity index (χ4v) is 3.21. The maximum absolute atomic E-state index is 13.8. The van der Waals surface area contributed by atoms with Crippen molar-refractivity contribution in [3.8, 4) is 0 Å². The van der Waals surface area contributed by atoms with Crippen LogP contribution < -0.4 is 5.32 Å². The quantitative estimate of drug-likeness (QED) is 0.465. The van der Waals surface area contributed by atoms with Gasteiger partial charge in [-0.3, -0.25) is 9.59 Å². The Bertz CT molecular complexity index is 929. The van der Waals surface area contributed by atoms with Gasteiger partial charge < -0.3 is 10.2 Å². The Morgan fingerprint density at radius 1 is 0.828 bits per heavy atom. The van der Waals surface area contributed by atoms with E-state index in [1.807, 2.05) is 0 Å². The summed E-state index contributed by atoms with van der Waals surface area (Å²) < 4.78 is 67.3. The number of benzene rings is 2. The molecule has 154 valence electrons. The lowest BCUT2D eigenvalue weighted by molar-refractivity contribution is -0.115. The Hall–Kier alpha value is -2.97. The highest BCUT2D eigenvalue weighted by Crippen LogP contribution is 2.25. The van der Waals surface area contributed by atoms with E-state index in [9.17, 15) is 31.5 Å². The molecule has 4 nitrogen and oxygen atoms in total. The minimum Gasteiger partial charge on any atom is -0.339 e. The van der Waals surface area contributed by atoms with Crippen molar-refractivity contribution < 1.29 is 31.5 Å². The van der Waals surface area contributed by atoms with E-state index in [4.69, 9.17) is 0 Å². The number of amides is 2. The minimum atomic E-state index is -2.29. The van der Waals surface area contributed by atoms with Crippen LogP contribution in [0.3, 0.4) is 0 Å². The SMILES string of the molecule is O=C(Cc1c(F)c(F)c(F)c(F)c1F)Nc1ccccc1C(=O)N1CCCCC1. The van der Waals surface area contributed by atoms with Crippen molar-refractivity contribution in [1.29, 1.82) is 0 Å². The summed E-state index contributed by atoms with van der Waals surface area (Å²) in [5.41, 5.74) is -0.962. The molecule has 3 rings (SSSR count). The fraction of sp³-hybridized carbons (Fsp3) is 0.300. The first kappa shape index (κ1) is 20.8. The topological polar surface area (TPSA) is 49.4 Å². The van der Waals surface area contributed by atoms with Gasteiger partial charge in [0, 0.05) is 18.7 Å². The summed E-state index contributed by atoms with van der Waals surface area (Å²) in [4.78, 5) is 26.6. The third kappa shape index (κ3) is 4.23. The van der Waals surface area contributed by atoms with Crippen molar-refractivity contribution >= 4 is 17.5 Å². The molecule has 2 aromatic rings. The number of nitrogens with one attached hydrogen (secondary N) is 1. The molecular formula is C20H17F5N2O2. The van der Waals surface area contributed by atoms with E-state index >= 15 is 0 Å². The van der Waals surface area contributed by atoms with Gasteiger partial charge in [-0.2, -0.15) is 0 Å². The van der Waals surface area contributed by atoms with Gasteiger partial charge in [0.2, 0.25) is 11.7 Å². The Labute approximate surface area is 163 Å². The molecule has 1 N–H and O–H groups in total. The Balaban J connectivity index is 1.81. The van der Waals surface area contributed by atoms with Crippen LogP contribution in [0.2, 0.25) is 0 Å². The smallest absolute Gasteiger partial charge is 0.255 e. The molecule has 9 heteroatoms. The molecule has 1 aliphatic rings. The average molecular weight is 412 g/mol. The van der Waals surface area contributed by atoms with Crippen molar-refractivity contribution in [2.75, 3.05) is 18.4 Å². The largest absolute Gasteiger partial charge is 0.339 e. The second-order valence-corrected chi connectivity index (χ2v) is 6.67.